The Morgan fingerprint density at radius 2 is 2.00 bits per heavy atom. The Bertz CT molecular complexity index is 351. The number of para-hydroxylation sites is 1. The van der Waals surface area contributed by atoms with Crippen molar-refractivity contribution < 1.29 is 4.79 Å². The van der Waals surface area contributed by atoms with Gasteiger partial charge in [-0.1, -0.05) is 50.1 Å². The van der Waals surface area contributed by atoms with Crippen molar-refractivity contribution in [3.8, 4) is 0 Å². The van der Waals surface area contributed by atoms with E-state index in [1.807, 2.05) is 25.1 Å². The SMILES string of the molecule is CC(Br)(Br)c1ccccc1N=C=O. The molecule has 0 saturated carbocycles. The Morgan fingerprint density at radius 3 is 2.54 bits per heavy atom. The maximum absolute atomic E-state index is 10.1. The highest BCUT2D eigenvalue weighted by Crippen LogP contribution is 2.41. The minimum atomic E-state index is -0.364. The molecule has 4 heteroatoms. The van der Waals surface area contributed by atoms with E-state index in [0.717, 1.165) is 5.56 Å². The highest BCUT2D eigenvalue weighted by Gasteiger charge is 2.21. The Labute approximate surface area is 93.3 Å². The number of carbonyl (C=O) groups excluding carboxylic acids is 1. The fourth-order valence-corrected chi connectivity index (χ4v) is 1.66. The number of hydrogen-bond acceptors (Lipinski definition) is 2. The van der Waals surface area contributed by atoms with Gasteiger partial charge >= 0.3 is 0 Å². The van der Waals surface area contributed by atoms with E-state index in [-0.39, 0.29) is 3.23 Å². The number of alkyl halides is 2. The van der Waals surface area contributed by atoms with Crippen LogP contribution in [0.5, 0.6) is 0 Å². The lowest BCUT2D eigenvalue weighted by atomic mass is 10.1. The van der Waals surface area contributed by atoms with Gasteiger partial charge in [0.1, 0.15) is 3.23 Å². The van der Waals surface area contributed by atoms with Gasteiger partial charge in [0.15, 0.2) is 0 Å². The van der Waals surface area contributed by atoms with Gasteiger partial charge in [-0.15, -0.1) is 0 Å². The molecule has 0 unspecified atom stereocenters. The summed E-state index contributed by atoms with van der Waals surface area (Å²) in [5, 5.41) is 0. The molecule has 2 nitrogen and oxygen atoms in total. The van der Waals surface area contributed by atoms with E-state index < -0.39 is 0 Å². The zero-order valence-corrected chi connectivity index (χ0v) is 10.1. The Morgan fingerprint density at radius 1 is 1.38 bits per heavy atom. The summed E-state index contributed by atoms with van der Waals surface area (Å²) in [4.78, 5) is 13.7. The van der Waals surface area contributed by atoms with Crippen LogP contribution in [-0.4, -0.2) is 6.08 Å². The van der Waals surface area contributed by atoms with Gasteiger partial charge in [-0.3, -0.25) is 0 Å². The van der Waals surface area contributed by atoms with Gasteiger partial charge in [0.05, 0.1) is 5.69 Å². The maximum Gasteiger partial charge on any atom is 0.240 e. The molecule has 0 bridgehead atoms. The number of aliphatic imine (C=N–C) groups is 1. The normalized spacial score (nSPS) is 10.7. The molecule has 0 aliphatic rings. The first-order chi connectivity index (χ1) is 6.05. The number of benzene rings is 1. The van der Waals surface area contributed by atoms with Crippen LogP contribution in [0.2, 0.25) is 0 Å². The third-order valence-corrected chi connectivity index (χ3v) is 2.40. The number of isocyanates is 1. The number of rotatable bonds is 2. The van der Waals surface area contributed by atoms with Gasteiger partial charge in [0.2, 0.25) is 6.08 Å². The summed E-state index contributed by atoms with van der Waals surface area (Å²) in [7, 11) is 0. The summed E-state index contributed by atoms with van der Waals surface area (Å²) in [6, 6.07) is 7.37. The van der Waals surface area contributed by atoms with Crippen LogP contribution in [0.3, 0.4) is 0 Å². The van der Waals surface area contributed by atoms with E-state index in [0.29, 0.717) is 5.69 Å². The summed E-state index contributed by atoms with van der Waals surface area (Å²) in [6.45, 7) is 1.92. The van der Waals surface area contributed by atoms with Crippen molar-refractivity contribution in [1.82, 2.24) is 0 Å². The second-order valence-electron chi connectivity index (χ2n) is 2.61. The van der Waals surface area contributed by atoms with E-state index in [4.69, 9.17) is 0 Å². The van der Waals surface area contributed by atoms with Crippen molar-refractivity contribution >= 4 is 43.6 Å². The molecule has 0 saturated heterocycles. The Kier molecular flexibility index (Phi) is 3.42. The molecule has 0 amide bonds. The quantitative estimate of drug-likeness (QED) is 0.466. The summed E-state index contributed by atoms with van der Waals surface area (Å²) in [5.41, 5.74) is 1.52. The predicted octanol–water partition coefficient (Wildman–Crippen LogP) is 3.62. The lowest BCUT2D eigenvalue weighted by Crippen LogP contribution is -2.01. The molecular formula is C9H7Br2NO. The van der Waals surface area contributed by atoms with Crippen LogP contribution in [0.1, 0.15) is 12.5 Å². The van der Waals surface area contributed by atoms with E-state index in [9.17, 15) is 4.79 Å². The Balaban J connectivity index is 3.27. The van der Waals surface area contributed by atoms with Crippen molar-refractivity contribution in [3.63, 3.8) is 0 Å². The minimum absolute atomic E-state index is 0.364. The average molecular weight is 305 g/mol. The van der Waals surface area contributed by atoms with Gasteiger partial charge in [-0.2, -0.15) is 4.99 Å². The number of nitrogens with zero attached hydrogens (tertiary/aromatic N) is 1. The maximum atomic E-state index is 10.1. The molecule has 0 spiro atoms. The second kappa shape index (κ2) is 4.18. The molecule has 68 valence electrons. The predicted molar refractivity (Wildman–Crippen MR) is 59.4 cm³/mol. The zero-order chi connectivity index (χ0) is 9.90. The van der Waals surface area contributed by atoms with Crippen molar-refractivity contribution in [2.45, 2.75) is 10.2 Å². The van der Waals surface area contributed by atoms with Crippen molar-refractivity contribution in [2.24, 2.45) is 4.99 Å². The second-order valence-corrected chi connectivity index (χ2v) is 6.84. The van der Waals surface area contributed by atoms with Gasteiger partial charge in [-0.05, 0) is 13.0 Å². The number of halogens is 2. The van der Waals surface area contributed by atoms with Crippen LogP contribution in [0.4, 0.5) is 5.69 Å². The van der Waals surface area contributed by atoms with Crippen molar-refractivity contribution in [3.05, 3.63) is 29.8 Å². The standard InChI is InChI=1S/C9H7Br2NO/c1-9(10,11)7-4-2-3-5-8(7)12-6-13/h2-5H,1H3. The van der Waals surface area contributed by atoms with Crippen molar-refractivity contribution in [2.75, 3.05) is 0 Å². The van der Waals surface area contributed by atoms with E-state index in [2.05, 4.69) is 36.9 Å². The van der Waals surface area contributed by atoms with Crippen LogP contribution in [0, 0.1) is 0 Å². The van der Waals surface area contributed by atoms with Crippen LogP contribution in [-0.2, 0) is 8.03 Å². The molecule has 0 atom stereocenters. The van der Waals surface area contributed by atoms with E-state index in [1.54, 1.807) is 6.07 Å². The summed E-state index contributed by atoms with van der Waals surface area (Å²) >= 11 is 6.87. The van der Waals surface area contributed by atoms with Crippen LogP contribution < -0.4 is 0 Å². The molecule has 13 heavy (non-hydrogen) atoms. The molecule has 0 N–H and O–H groups in total. The Hall–Kier alpha value is -0.440. The molecule has 0 heterocycles. The fraction of sp³-hybridized carbons (Fsp3) is 0.222. The first-order valence-electron chi connectivity index (χ1n) is 3.61. The minimum Gasteiger partial charge on any atom is -0.211 e. The zero-order valence-electron chi connectivity index (χ0n) is 6.92. The lowest BCUT2D eigenvalue weighted by molar-refractivity contribution is 0.565. The van der Waals surface area contributed by atoms with Gasteiger partial charge in [0.25, 0.3) is 0 Å². The van der Waals surface area contributed by atoms with E-state index in [1.165, 1.54) is 6.08 Å². The molecule has 0 aromatic heterocycles. The highest BCUT2D eigenvalue weighted by atomic mass is 79.9. The third-order valence-electron chi connectivity index (χ3n) is 1.54. The van der Waals surface area contributed by atoms with Gasteiger partial charge < -0.3 is 0 Å². The molecule has 0 aliphatic carbocycles. The first-order valence-corrected chi connectivity index (χ1v) is 5.19. The summed E-state index contributed by atoms with van der Waals surface area (Å²) in [6.07, 6.45) is 1.53. The highest BCUT2D eigenvalue weighted by molar-refractivity contribution is 9.24. The molecule has 0 radical (unpaired) electrons. The molecular weight excluding hydrogens is 298 g/mol. The molecule has 0 fully saturated rings. The fourth-order valence-electron chi connectivity index (χ4n) is 0.992. The van der Waals surface area contributed by atoms with Crippen LogP contribution in [0.15, 0.2) is 29.3 Å². The summed E-state index contributed by atoms with van der Waals surface area (Å²) in [5.74, 6) is 0. The molecule has 1 aromatic rings. The first kappa shape index (κ1) is 10.6. The van der Waals surface area contributed by atoms with Crippen LogP contribution >= 0.6 is 31.9 Å². The van der Waals surface area contributed by atoms with Crippen molar-refractivity contribution in [1.29, 1.82) is 0 Å². The molecule has 0 aliphatic heterocycles. The topological polar surface area (TPSA) is 29.4 Å². The van der Waals surface area contributed by atoms with Gasteiger partial charge in [0, 0.05) is 5.56 Å². The largest absolute Gasteiger partial charge is 0.240 e. The lowest BCUT2D eigenvalue weighted by Gasteiger charge is -2.15. The molecule has 1 rings (SSSR count). The van der Waals surface area contributed by atoms with E-state index >= 15 is 0 Å². The van der Waals surface area contributed by atoms with Gasteiger partial charge in [-0.25, -0.2) is 4.79 Å². The van der Waals surface area contributed by atoms with Crippen LogP contribution in [0.25, 0.3) is 0 Å². The average Bonchev–Trinajstić information content (AvgIpc) is 2.04. The number of hydrogen-bond donors (Lipinski definition) is 0. The monoisotopic (exact) mass is 303 g/mol. The molecule has 1 aromatic carbocycles. The third kappa shape index (κ3) is 2.76. The smallest absolute Gasteiger partial charge is 0.211 e. The summed E-state index contributed by atoms with van der Waals surface area (Å²) < 4.78 is -0.364.